The van der Waals surface area contributed by atoms with Gasteiger partial charge in [-0.2, -0.15) is 8.42 Å². The van der Waals surface area contributed by atoms with Crippen LogP contribution in [0.15, 0.2) is 0 Å². The molecule has 0 amide bonds. The lowest BCUT2D eigenvalue weighted by atomic mass is 10.0. The lowest BCUT2D eigenvalue weighted by Crippen LogP contribution is -2.47. The third kappa shape index (κ3) is 2.64. The van der Waals surface area contributed by atoms with E-state index in [4.69, 9.17) is 17.8 Å². The number of hydrogen-bond acceptors (Lipinski definition) is 10. The molecule has 0 aromatic rings. The van der Waals surface area contributed by atoms with E-state index in [0.29, 0.717) is 0 Å². The van der Waals surface area contributed by atoms with Crippen molar-refractivity contribution in [2.45, 2.75) is 30.8 Å². The Bertz CT molecular complexity index is 487. The summed E-state index contributed by atoms with van der Waals surface area (Å²) in [6.07, 6.45) is -5.40. The number of ether oxygens (including phenoxy) is 4. The molecule has 0 bridgehead atoms. The fraction of sp³-hybridized carbons (Fsp3) is 0.778. The first-order valence-corrected chi connectivity index (χ1v) is 7.04. The highest BCUT2D eigenvalue weighted by Gasteiger charge is 2.47. The molecular formula is C9H10O10S. The lowest BCUT2D eigenvalue weighted by Gasteiger charge is -2.31. The van der Waals surface area contributed by atoms with Crippen molar-refractivity contribution in [2.24, 2.45) is 0 Å². The molecule has 20 heavy (non-hydrogen) atoms. The summed E-state index contributed by atoms with van der Waals surface area (Å²) >= 11 is 0. The van der Waals surface area contributed by atoms with Gasteiger partial charge in [-0.05, 0) is 0 Å². The standard InChI is InChI=1S/C9H10O10S/c10-8-14-2-6(16-8)4-1-5(19-20(12,13)18-4)7-3-15-9(11)17-7/h4-7H,1-3H2. The minimum Gasteiger partial charge on any atom is -0.430 e. The fourth-order valence-corrected chi connectivity index (χ4v) is 3.17. The molecule has 4 unspecified atom stereocenters. The van der Waals surface area contributed by atoms with Gasteiger partial charge in [0.1, 0.15) is 25.4 Å². The van der Waals surface area contributed by atoms with Crippen LogP contribution >= 0.6 is 0 Å². The molecule has 10 nitrogen and oxygen atoms in total. The van der Waals surface area contributed by atoms with E-state index in [-0.39, 0.29) is 19.6 Å². The van der Waals surface area contributed by atoms with Crippen LogP contribution in [0.5, 0.6) is 0 Å². The second kappa shape index (κ2) is 4.75. The molecule has 0 aromatic heterocycles. The van der Waals surface area contributed by atoms with E-state index < -0.39 is 47.1 Å². The predicted molar refractivity (Wildman–Crippen MR) is 55.7 cm³/mol. The molecular weight excluding hydrogens is 300 g/mol. The third-order valence-electron chi connectivity index (χ3n) is 3.00. The van der Waals surface area contributed by atoms with Crippen LogP contribution in [-0.2, 0) is 37.7 Å². The van der Waals surface area contributed by atoms with Gasteiger partial charge in [-0.15, -0.1) is 0 Å². The first kappa shape index (κ1) is 13.4. The van der Waals surface area contributed by atoms with Crippen LogP contribution in [0, 0.1) is 0 Å². The van der Waals surface area contributed by atoms with Gasteiger partial charge in [0.05, 0.1) is 0 Å². The van der Waals surface area contributed by atoms with E-state index in [1.54, 1.807) is 0 Å². The SMILES string of the molecule is O=C1OCC(C2CC(C3COC(=O)O3)OS(=O)(=O)O2)O1. The van der Waals surface area contributed by atoms with Crippen LogP contribution in [0.3, 0.4) is 0 Å². The Morgan fingerprint density at radius 3 is 1.60 bits per heavy atom. The summed E-state index contributed by atoms with van der Waals surface area (Å²) in [7, 11) is -4.28. The largest absolute Gasteiger partial charge is 0.508 e. The van der Waals surface area contributed by atoms with Crippen molar-refractivity contribution in [1.29, 1.82) is 0 Å². The second-order valence-corrected chi connectivity index (χ2v) is 5.55. The molecule has 0 aromatic carbocycles. The van der Waals surface area contributed by atoms with Crippen LogP contribution in [0.25, 0.3) is 0 Å². The third-order valence-corrected chi connectivity index (χ3v) is 3.97. The van der Waals surface area contributed by atoms with Crippen LogP contribution < -0.4 is 0 Å². The van der Waals surface area contributed by atoms with Crippen molar-refractivity contribution in [3.05, 3.63) is 0 Å². The van der Waals surface area contributed by atoms with Gasteiger partial charge in [-0.1, -0.05) is 0 Å². The van der Waals surface area contributed by atoms with Crippen LogP contribution in [-0.4, -0.2) is 58.4 Å². The van der Waals surface area contributed by atoms with Crippen molar-refractivity contribution < 1.29 is 45.3 Å². The topological polar surface area (TPSA) is 124 Å². The number of hydrogen-bond donors (Lipinski definition) is 0. The van der Waals surface area contributed by atoms with Gasteiger partial charge in [0.15, 0.2) is 12.2 Å². The molecule has 4 atom stereocenters. The summed E-state index contributed by atoms with van der Waals surface area (Å²) in [5.74, 6) is 0. The van der Waals surface area contributed by atoms with Crippen molar-refractivity contribution in [3.63, 3.8) is 0 Å². The quantitative estimate of drug-likeness (QED) is 0.615. The Kier molecular flexibility index (Phi) is 3.18. The average molecular weight is 310 g/mol. The minimum absolute atomic E-state index is 0.0435. The molecule has 3 aliphatic heterocycles. The van der Waals surface area contributed by atoms with Crippen LogP contribution in [0.1, 0.15) is 6.42 Å². The van der Waals surface area contributed by atoms with E-state index in [1.807, 2.05) is 0 Å². The average Bonchev–Trinajstić information content (AvgIpc) is 2.96. The van der Waals surface area contributed by atoms with Crippen molar-refractivity contribution in [2.75, 3.05) is 13.2 Å². The van der Waals surface area contributed by atoms with Gasteiger partial charge in [0.25, 0.3) is 0 Å². The number of carbonyl (C=O) groups excluding carboxylic acids is 2. The Morgan fingerprint density at radius 2 is 1.25 bits per heavy atom. The number of rotatable bonds is 2. The lowest BCUT2D eigenvalue weighted by molar-refractivity contribution is -0.0523. The van der Waals surface area contributed by atoms with Gasteiger partial charge in [0.2, 0.25) is 0 Å². The predicted octanol–water partition coefficient (Wildman–Crippen LogP) is -0.524. The van der Waals surface area contributed by atoms with Crippen LogP contribution in [0.4, 0.5) is 9.59 Å². The first-order chi connectivity index (χ1) is 9.43. The maximum absolute atomic E-state index is 11.5. The Balaban J connectivity index is 1.73. The van der Waals surface area contributed by atoms with Gasteiger partial charge >= 0.3 is 22.7 Å². The molecule has 112 valence electrons. The molecule has 0 N–H and O–H groups in total. The summed E-state index contributed by atoms with van der Waals surface area (Å²) in [5.41, 5.74) is 0. The molecule has 3 fully saturated rings. The van der Waals surface area contributed by atoms with Gasteiger partial charge in [0, 0.05) is 6.42 Å². The summed E-state index contributed by atoms with van der Waals surface area (Å²) in [6, 6.07) is 0. The van der Waals surface area contributed by atoms with Gasteiger partial charge in [-0.3, -0.25) is 0 Å². The highest BCUT2D eigenvalue weighted by molar-refractivity contribution is 7.81. The molecule has 3 heterocycles. The highest BCUT2D eigenvalue weighted by atomic mass is 32.3. The molecule has 3 saturated heterocycles. The van der Waals surface area contributed by atoms with Crippen molar-refractivity contribution >= 4 is 22.7 Å². The molecule has 0 aliphatic carbocycles. The number of carbonyl (C=O) groups is 2. The maximum Gasteiger partial charge on any atom is 0.508 e. The molecule has 3 aliphatic rings. The Hall–Kier alpha value is -1.59. The van der Waals surface area contributed by atoms with Crippen LogP contribution in [0.2, 0.25) is 0 Å². The molecule has 0 spiro atoms. The first-order valence-electron chi connectivity index (χ1n) is 5.71. The summed E-state index contributed by atoms with van der Waals surface area (Å²) < 4.78 is 51.3. The van der Waals surface area contributed by atoms with E-state index in [9.17, 15) is 18.0 Å². The molecule has 11 heteroatoms. The molecule has 3 rings (SSSR count). The van der Waals surface area contributed by atoms with Gasteiger partial charge in [-0.25, -0.2) is 18.0 Å². The molecule has 0 radical (unpaired) electrons. The van der Waals surface area contributed by atoms with Crippen molar-refractivity contribution in [3.8, 4) is 0 Å². The van der Waals surface area contributed by atoms with Gasteiger partial charge < -0.3 is 18.9 Å². The van der Waals surface area contributed by atoms with E-state index in [0.717, 1.165) is 0 Å². The summed E-state index contributed by atoms with van der Waals surface area (Å²) in [6.45, 7) is -0.237. The summed E-state index contributed by atoms with van der Waals surface area (Å²) in [4.78, 5) is 21.7. The Morgan fingerprint density at radius 1 is 0.800 bits per heavy atom. The maximum atomic E-state index is 11.5. The minimum atomic E-state index is -4.28. The normalized spacial score (nSPS) is 39.6. The second-order valence-electron chi connectivity index (χ2n) is 4.35. The number of cyclic esters (lactones) is 4. The Labute approximate surface area is 113 Å². The zero-order chi connectivity index (χ0) is 14.3. The molecule has 0 saturated carbocycles. The fourth-order valence-electron chi connectivity index (χ4n) is 2.11. The zero-order valence-corrected chi connectivity index (χ0v) is 10.7. The van der Waals surface area contributed by atoms with Crippen molar-refractivity contribution in [1.82, 2.24) is 0 Å². The van der Waals surface area contributed by atoms with E-state index >= 15 is 0 Å². The van der Waals surface area contributed by atoms with E-state index in [1.165, 1.54) is 0 Å². The monoisotopic (exact) mass is 310 g/mol. The highest BCUT2D eigenvalue weighted by Crippen LogP contribution is 2.29. The summed E-state index contributed by atoms with van der Waals surface area (Å²) in [5, 5.41) is 0. The van der Waals surface area contributed by atoms with E-state index in [2.05, 4.69) is 9.47 Å². The smallest absolute Gasteiger partial charge is 0.430 e. The zero-order valence-electron chi connectivity index (χ0n) is 9.92.